The normalized spacial score (nSPS) is 11.9. The first-order valence-corrected chi connectivity index (χ1v) is 14.5. The molecule has 4 heteroatoms. The van der Waals surface area contributed by atoms with E-state index in [9.17, 15) is 0 Å². The van der Waals surface area contributed by atoms with Crippen LogP contribution in [0.15, 0.2) is 84.9 Å². The molecule has 0 fully saturated rings. The molecule has 0 aliphatic carbocycles. The van der Waals surface area contributed by atoms with Crippen LogP contribution in [0, 0.1) is 13.8 Å². The molecule has 0 amide bonds. The van der Waals surface area contributed by atoms with E-state index in [0.717, 1.165) is 48.7 Å². The van der Waals surface area contributed by atoms with E-state index in [-0.39, 0.29) is 0 Å². The Morgan fingerprint density at radius 3 is 1.43 bits per heavy atom. The Bertz CT molecular complexity index is 1920. The highest BCUT2D eigenvalue weighted by molar-refractivity contribution is 6.23. The first-order chi connectivity index (χ1) is 19.6. The summed E-state index contributed by atoms with van der Waals surface area (Å²) in [5, 5.41) is 5.34. The van der Waals surface area contributed by atoms with Crippen molar-refractivity contribution in [3.63, 3.8) is 0 Å². The lowest BCUT2D eigenvalue weighted by Crippen LogP contribution is -2.05. The average molecular weight is 523 g/mol. The number of para-hydroxylation sites is 2. The summed E-state index contributed by atoms with van der Waals surface area (Å²) in [6, 6.07) is 30.4. The highest BCUT2D eigenvalue weighted by Gasteiger charge is 2.27. The summed E-state index contributed by atoms with van der Waals surface area (Å²) >= 11 is 0. The summed E-state index contributed by atoms with van der Waals surface area (Å²) in [7, 11) is 0. The van der Waals surface area contributed by atoms with Gasteiger partial charge in [0.05, 0.1) is 22.1 Å². The van der Waals surface area contributed by atoms with Gasteiger partial charge in [-0.15, -0.1) is 0 Å². The fraction of sp³-hybridized carbons (Fsp3) is 0.222. The van der Waals surface area contributed by atoms with E-state index in [2.05, 4.69) is 122 Å². The Kier molecular flexibility index (Phi) is 5.92. The average Bonchev–Trinajstić information content (AvgIpc) is 3.49. The molecule has 0 aliphatic rings. The summed E-state index contributed by atoms with van der Waals surface area (Å²) in [5.74, 6) is 1.95. The van der Waals surface area contributed by atoms with Gasteiger partial charge in [-0.05, 0) is 68.7 Å². The zero-order valence-corrected chi connectivity index (χ0v) is 23.7. The molecule has 0 radical (unpaired) electrons. The number of pyridine rings is 2. The Morgan fingerprint density at radius 2 is 0.975 bits per heavy atom. The largest absolute Gasteiger partial charge is 0.293 e. The van der Waals surface area contributed by atoms with Crippen LogP contribution in [0.2, 0.25) is 0 Å². The lowest BCUT2D eigenvalue weighted by Gasteiger charge is -2.17. The molecule has 0 atom stereocenters. The monoisotopic (exact) mass is 522 g/mol. The third-order valence-corrected chi connectivity index (χ3v) is 8.13. The van der Waals surface area contributed by atoms with Crippen molar-refractivity contribution in [2.45, 2.75) is 53.4 Å². The molecule has 40 heavy (non-hydrogen) atoms. The number of aromatic nitrogens is 4. The number of rotatable bonds is 6. The second-order valence-corrected chi connectivity index (χ2v) is 10.9. The molecule has 3 aromatic carbocycles. The van der Waals surface area contributed by atoms with Crippen molar-refractivity contribution in [2.24, 2.45) is 0 Å². The molecule has 4 aromatic heterocycles. The number of hydrogen-bond acceptors (Lipinski definition) is 2. The van der Waals surface area contributed by atoms with Crippen molar-refractivity contribution in [1.82, 2.24) is 19.1 Å². The summed E-state index contributed by atoms with van der Waals surface area (Å²) in [6.07, 6.45) is 4.08. The van der Waals surface area contributed by atoms with Crippen molar-refractivity contribution in [2.75, 3.05) is 0 Å². The van der Waals surface area contributed by atoms with Crippen molar-refractivity contribution >= 4 is 43.6 Å². The van der Waals surface area contributed by atoms with Gasteiger partial charge in [0, 0.05) is 38.5 Å². The summed E-state index contributed by atoms with van der Waals surface area (Å²) in [5.41, 5.74) is 9.83. The van der Waals surface area contributed by atoms with E-state index in [1.165, 1.54) is 54.7 Å². The van der Waals surface area contributed by atoms with E-state index in [1.807, 2.05) is 0 Å². The maximum atomic E-state index is 5.05. The van der Waals surface area contributed by atoms with Gasteiger partial charge in [0.25, 0.3) is 0 Å². The molecule has 198 valence electrons. The second kappa shape index (κ2) is 9.63. The van der Waals surface area contributed by atoms with Crippen molar-refractivity contribution in [1.29, 1.82) is 0 Å². The minimum atomic E-state index is 0.962. The van der Waals surface area contributed by atoms with Crippen LogP contribution in [-0.2, 0) is 12.8 Å². The van der Waals surface area contributed by atoms with Gasteiger partial charge in [0.15, 0.2) is 0 Å². The maximum absolute atomic E-state index is 5.05. The standard InChI is InChI=1S/C36H34N4/c1-5-13-27-33-25-17-7-9-19-29(25)39(31-21-11-15-23(3)37-31)35(33)28(14-6-2)36-34(27)26-18-8-10-20-30(26)40(36)32-22-12-16-24(4)38-32/h7-12,15-22H,5-6,13-14H2,1-4H3. The highest BCUT2D eigenvalue weighted by atomic mass is 15.1. The molecule has 0 saturated carbocycles. The summed E-state index contributed by atoms with van der Waals surface area (Å²) in [6.45, 7) is 8.73. The van der Waals surface area contributed by atoms with E-state index in [1.54, 1.807) is 0 Å². The van der Waals surface area contributed by atoms with E-state index >= 15 is 0 Å². The predicted octanol–water partition coefficient (Wildman–Crippen LogP) is 9.19. The molecule has 0 saturated heterocycles. The van der Waals surface area contributed by atoms with Crippen molar-refractivity contribution in [3.05, 3.63) is 107 Å². The molecule has 0 aliphatic heterocycles. The number of nitrogens with zero attached hydrogens (tertiary/aromatic N) is 4. The van der Waals surface area contributed by atoms with Gasteiger partial charge in [-0.1, -0.05) is 75.2 Å². The minimum Gasteiger partial charge on any atom is -0.293 e. The predicted molar refractivity (Wildman–Crippen MR) is 168 cm³/mol. The van der Waals surface area contributed by atoms with E-state index in [0.29, 0.717) is 0 Å². The Hall–Kier alpha value is -4.44. The van der Waals surface area contributed by atoms with E-state index < -0.39 is 0 Å². The highest BCUT2D eigenvalue weighted by Crippen LogP contribution is 2.45. The second-order valence-electron chi connectivity index (χ2n) is 10.9. The Balaban J connectivity index is 1.82. The van der Waals surface area contributed by atoms with Crippen LogP contribution in [0.5, 0.6) is 0 Å². The fourth-order valence-electron chi connectivity index (χ4n) is 6.67. The topological polar surface area (TPSA) is 35.6 Å². The minimum absolute atomic E-state index is 0.962. The molecule has 4 heterocycles. The third kappa shape index (κ3) is 3.59. The molecule has 0 N–H and O–H groups in total. The number of fused-ring (bicyclic) bond motifs is 6. The summed E-state index contributed by atoms with van der Waals surface area (Å²) in [4.78, 5) is 10.1. The van der Waals surface area contributed by atoms with Crippen LogP contribution >= 0.6 is 0 Å². The van der Waals surface area contributed by atoms with Crippen molar-refractivity contribution in [3.8, 4) is 11.6 Å². The molecule has 7 aromatic rings. The first-order valence-electron chi connectivity index (χ1n) is 14.5. The van der Waals surface area contributed by atoms with Gasteiger partial charge in [-0.25, -0.2) is 9.97 Å². The lowest BCUT2D eigenvalue weighted by atomic mass is 9.92. The number of hydrogen-bond donors (Lipinski definition) is 0. The van der Waals surface area contributed by atoms with Crippen LogP contribution in [0.3, 0.4) is 0 Å². The molecule has 4 nitrogen and oxygen atoms in total. The van der Waals surface area contributed by atoms with Crippen LogP contribution in [0.25, 0.3) is 55.2 Å². The number of benzene rings is 3. The Morgan fingerprint density at radius 1 is 0.525 bits per heavy atom. The molecule has 0 spiro atoms. The van der Waals surface area contributed by atoms with Gasteiger partial charge in [-0.2, -0.15) is 0 Å². The van der Waals surface area contributed by atoms with Gasteiger partial charge < -0.3 is 0 Å². The Labute approximate surface area is 234 Å². The van der Waals surface area contributed by atoms with Crippen molar-refractivity contribution < 1.29 is 0 Å². The van der Waals surface area contributed by atoms with Gasteiger partial charge in [0.1, 0.15) is 11.6 Å². The summed E-state index contributed by atoms with van der Waals surface area (Å²) < 4.78 is 4.85. The lowest BCUT2D eigenvalue weighted by molar-refractivity contribution is 0.912. The van der Waals surface area contributed by atoms with Gasteiger partial charge in [0.2, 0.25) is 0 Å². The van der Waals surface area contributed by atoms with Crippen LogP contribution in [-0.4, -0.2) is 19.1 Å². The zero-order chi connectivity index (χ0) is 27.4. The zero-order valence-electron chi connectivity index (χ0n) is 23.7. The molecule has 0 unspecified atom stereocenters. The third-order valence-electron chi connectivity index (χ3n) is 8.13. The fourth-order valence-corrected chi connectivity index (χ4v) is 6.67. The molecule has 0 bridgehead atoms. The van der Waals surface area contributed by atoms with Crippen LogP contribution in [0.1, 0.15) is 49.2 Å². The van der Waals surface area contributed by atoms with Crippen LogP contribution < -0.4 is 0 Å². The van der Waals surface area contributed by atoms with Gasteiger partial charge in [-0.3, -0.25) is 9.13 Å². The smallest absolute Gasteiger partial charge is 0.137 e. The molecule has 7 rings (SSSR count). The maximum Gasteiger partial charge on any atom is 0.137 e. The number of aryl methyl sites for hydroxylation is 4. The quantitative estimate of drug-likeness (QED) is 0.218. The van der Waals surface area contributed by atoms with E-state index in [4.69, 9.17) is 9.97 Å². The molecular formula is C36H34N4. The molecular weight excluding hydrogens is 488 g/mol. The van der Waals surface area contributed by atoms with Crippen LogP contribution in [0.4, 0.5) is 0 Å². The first kappa shape index (κ1) is 24.6. The SMILES string of the molecule is CCCc1c2c3ccccc3n(-c3cccc(C)n3)c2c(CCC)c2c1c1ccccc1n2-c1cccc(C)n1. The van der Waals surface area contributed by atoms with Gasteiger partial charge >= 0.3 is 0 Å².